The summed E-state index contributed by atoms with van der Waals surface area (Å²) in [5, 5.41) is 2.98. The van der Waals surface area contributed by atoms with E-state index in [9.17, 15) is 9.59 Å². The molecule has 1 aliphatic heterocycles. The maximum Gasteiger partial charge on any atom is 0.408 e. The fraction of sp³-hybridized carbons (Fsp3) is 0.500. The maximum atomic E-state index is 13.0. The van der Waals surface area contributed by atoms with Crippen molar-refractivity contribution in [3.8, 4) is 0 Å². The highest BCUT2D eigenvalue weighted by Gasteiger charge is 2.56. The van der Waals surface area contributed by atoms with Crippen molar-refractivity contribution in [2.75, 3.05) is 13.2 Å². The van der Waals surface area contributed by atoms with E-state index in [2.05, 4.69) is 10.3 Å². The highest BCUT2D eigenvalue weighted by molar-refractivity contribution is 6.10. The molecule has 1 saturated heterocycles. The fourth-order valence-corrected chi connectivity index (χ4v) is 4.91. The van der Waals surface area contributed by atoms with E-state index in [-0.39, 0.29) is 17.7 Å². The number of fused-ring (bicyclic) bond motifs is 2. The molecular formula is C26H32N2O5. The average Bonchev–Trinajstić information content (AvgIpc) is 3.25. The topological polar surface area (TPSA) is 86.2 Å². The van der Waals surface area contributed by atoms with Crippen molar-refractivity contribution in [1.82, 2.24) is 5.32 Å². The molecule has 0 saturated carbocycles. The Hall–Kier alpha value is -2.77. The van der Waals surface area contributed by atoms with Gasteiger partial charge >= 0.3 is 6.09 Å². The van der Waals surface area contributed by atoms with Gasteiger partial charge in [0.1, 0.15) is 5.60 Å². The maximum absolute atomic E-state index is 13.0. The quantitative estimate of drug-likeness (QED) is 0.685. The van der Waals surface area contributed by atoms with E-state index in [0.29, 0.717) is 37.3 Å². The predicted molar refractivity (Wildman–Crippen MR) is 125 cm³/mol. The van der Waals surface area contributed by atoms with Gasteiger partial charge in [0.15, 0.2) is 5.79 Å². The number of carbonyl (C=O) groups excluding carboxylic acids is 2. The van der Waals surface area contributed by atoms with Crippen LogP contribution in [0.15, 0.2) is 59.1 Å². The first kappa shape index (κ1) is 23.4. The fourth-order valence-electron chi connectivity index (χ4n) is 4.91. The first-order valence-corrected chi connectivity index (χ1v) is 11.6. The zero-order valence-corrected chi connectivity index (χ0v) is 19.7. The van der Waals surface area contributed by atoms with Crippen molar-refractivity contribution < 1.29 is 23.8 Å². The second kappa shape index (κ2) is 9.23. The molecule has 2 aliphatic carbocycles. The molecule has 1 aromatic rings. The van der Waals surface area contributed by atoms with Crippen LogP contribution < -0.4 is 5.32 Å². The summed E-state index contributed by atoms with van der Waals surface area (Å²) in [5.41, 5.74) is 1.49. The van der Waals surface area contributed by atoms with E-state index in [0.717, 1.165) is 5.57 Å². The molecule has 1 heterocycles. The number of aliphatic imine (C=N–C) groups is 1. The highest BCUT2D eigenvalue weighted by Crippen LogP contribution is 2.49. The van der Waals surface area contributed by atoms with Gasteiger partial charge in [0.2, 0.25) is 0 Å². The van der Waals surface area contributed by atoms with E-state index >= 15 is 0 Å². The molecule has 1 spiro atoms. The number of hydrogen-bond acceptors (Lipinski definition) is 5. The SMILES string of the molecule is CCC1=CC(=NC(=O)c2ccccc2)[C@@H]2[C@H](NC(=O)OC(C)(C)C)C=CC[C@@H]2C12OCCO2. The number of hydrogen-bond donors (Lipinski definition) is 1. The second-order valence-corrected chi connectivity index (χ2v) is 9.56. The van der Waals surface area contributed by atoms with Crippen LogP contribution in [0, 0.1) is 11.8 Å². The van der Waals surface area contributed by atoms with Crippen LogP contribution in [-0.2, 0) is 14.2 Å². The van der Waals surface area contributed by atoms with Gasteiger partial charge in [-0.25, -0.2) is 9.79 Å². The van der Waals surface area contributed by atoms with Crippen LogP contribution in [0.2, 0.25) is 0 Å². The third-order valence-corrected chi connectivity index (χ3v) is 6.19. The Labute approximate surface area is 194 Å². The summed E-state index contributed by atoms with van der Waals surface area (Å²) in [6.07, 6.45) is 6.78. The van der Waals surface area contributed by atoms with Crippen LogP contribution in [0.4, 0.5) is 4.79 Å². The number of nitrogens with zero attached hydrogens (tertiary/aromatic N) is 1. The third-order valence-electron chi connectivity index (χ3n) is 6.19. The van der Waals surface area contributed by atoms with Gasteiger partial charge in [0.25, 0.3) is 5.91 Å². The molecule has 1 aromatic carbocycles. The van der Waals surface area contributed by atoms with E-state index in [1.165, 1.54) is 0 Å². The summed E-state index contributed by atoms with van der Waals surface area (Å²) in [7, 11) is 0. The van der Waals surface area contributed by atoms with E-state index in [4.69, 9.17) is 14.2 Å². The van der Waals surface area contributed by atoms with Crippen molar-refractivity contribution in [2.24, 2.45) is 16.8 Å². The summed E-state index contributed by atoms with van der Waals surface area (Å²) in [5.74, 6) is -1.62. The average molecular weight is 453 g/mol. The lowest BCUT2D eigenvalue weighted by Crippen LogP contribution is -2.57. The minimum atomic E-state index is -0.868. The van der Waals surface area contributed by atoms with Gasteiger partial charge in [0.05, 0.1) is 25.0 Å². The van der Waals surface area contributed by atoms with Gasteiger partial charge in [-0.05, 0) is 57.4 Å². The van der Waals surface area contributed by atoms with Gasteiger partial charge < -0.3 is 19.5 Å². The van der Waals surface area contributed by atoms with Gasteiger partial charge in [-0.2, -0.15) is 0 Å². The van der Waals surface area contributed by atoms with Crippen molar-refractivity contribution in [3.05, 3.63) is 59.7 Å². The summed E-state index contributed by atoms with van der Waals surface area (Å²) in [6, 6.07) is 8.57. The first-order valence-electron chi connectivity index (χ1n) is 11.6. The number of allylic oxidation sites excluding steroid dienone is 2. The predicted octanol–water partition coefficient (Wildman–Crippen LogP) is 4.45. The van der Waals surface area contributed by atoms with Gasteiger partial charge in [-0.1, -0.05) is 37.3 Å². The molecule has 0 aromatic heterocycles. The summed E-state index contributed by atoms with van der Waals surface area (Å²) in [4.78, 5) is 30.2. The van der Waals surface area contributed by atoms with E-state index in [1.54, 1.807) is 12.1 Å². The van der Waals surface area contributed by atoms with E-state index in [1.807, 2.05) is 64.1 Å². The minimum absolute atomic E-state index is 0.132. The molecule has 4 rings (SSSR count). The molecule has 1 N–H and O–H groups in total. The van der Waals surface area contributed by atoms with Crippen LogP contribution in [0.3, 0.4) is 0 Å². The molecule has 0 radical (unpaired) electrons. The normalized spacial score (nSPS) is 27.2. The molecule has 7 heteroatoms. The molecule has 3 atom stereocenters. The van der Waals surface area contributed by atoms with Gasteiger partial charge in [0, 0.05) is 17.4 Å². The number of amides is 2. The number of nitrogens with one attached hydrogen (secondary N) is 1. The number of carbonyl (C=O) groups is 2. The zero-order chi connectivity index (χ0) is 23.6. The number of ether oxygens (including phenoxy) is 3. The first-order chi connectivity index (χ1) is 15.7. The standard InChI is InChI=1S/C26H32N2O5/c1-5-18-16-21(27-23(29)17-10-7-6-8-11-17)22-19(26(18)31-14-15-32-26)12-9-13-20(22)28-24(30)33-25(2,3)4/h6-11,13,16,19-20,22H,5,12,14-15H2,1-4H3,(H,28,30)/t19-,20+,22-/m0/s1. The Balaban J connectivity index is 1.74. The van der Waals surface area contributed by atoms with Crippen molar-refractivity contribution in [3.63, 3.8) is 0 Å². The van der Waals surface area contributed by atoms with Crippen molar-refractivity contribution in [1.29, 1.82) is 0 Å². The third kappa shape index (κ3) is 4.80. The molecule has 176 valence electrons. The van der Waals surface area contributed by atoms with Crippen LogP contribution in [-0.4, -0.2) is 48.4 Å². The van der Waals surface area contributed by atoms with Crippen molar-refractivity contribution in [2.45, 2.75) is 58.0 Å². The number of benzene rings is 1. The molecule has 7 nitrogen and oxygen atoms in total. The van der Waals surface area contributed by atoms with E-state index < -0.39 is 23.5 Å². The largest absolute Gasteiger partial charge is 0.444 e. The van der Waals surface area contributed by atoms with Crippen LogP contribution in [0.25, 0.3) is 0 Å². The minimum Gasteiger partial charge on any atom is -0.444 e. The molecule has 3 aliphatic rings. The lowest BCUT2D eigenvalue weighted by atomic mass is 9.66. The Bertz CT molecular complexity index is 984. The van der Waals surface area contributed by atoms with Gasteiger partial charge in [-0.3, -0.25) is 4.79 Å². The highest BCUT2D eigenvalue weighted by atomic mass is 16.7. The molecule has 1 fully saturated rings. The summed E-state index contributed by atoms with van der Waals surface area (Å²) in [6.45, 7) is 8.52. The zero-order valence-electron chi connectivity index (χ0n) is 19.7. The van der Waals surface area contributed by atoms with Crippen molar-refractivity contribution >= 4 is 17.7 Å². The lowest BCUT2D eigenvalue weighted by molar-refractivity contribution is -0.178. The Morgan fingerprint density at radius 3 is 2.52 bits per heavy atom. The monoisotopic (exact) mass is 452 g/mol. The molecule has 0 unspecified atom stereocenters. The van der Waals surface area contributed by atoms with Gasteiger partial charge in [-0.15, -0.1) is 0 Å². The second-order valence-electron chi connectivity index (χ2n) is 9.56. The van der Waals surface area contributed by atoms with Crippen LogP contribution in [0.5, 0.6) is 0 Å². The van der Waals surface area contributed by atoms with Crippen LogP contribution in [0.1, 0.15) is 50.9 Å². The molecule has 2 amide bonds. The summed E-state index contributed by atoms with van der Waals surface area (Å²) < 4.78 is 17.9. The molecule has 33 heavy (non-hydrogen) atoms. The Morgan fingerprint density at radius 1 is 1.18 bits per heavy atom. The number of alkyl carbamates (subject to hydrolysis) is 1. The lowest BCUT2D eigenvalue weighted by Gasteiger charge is -2.48. The van der Waals surface area contributed by atoms with Crippen LogP contribution >= 0.6 is 0 Å². The molecular weight excluding hydrogens is 420 g/mol. The smallest absolute Gasteiger partial charge is 0.408 e. The Morgan fingerprint density at radius 2 is 1.88 bits per heavy atom. The Kier molecular flexibility index (Phi) is 6.54. The summed E-state index contributed by atoms with van der Waals surface area (Å²) >= 11 is 0. The number of rotatable bonds is 3. The molecule has 0 bridgehead atoms.